The second kappa shape index (κ2) is 11.6. The molecule has 0 spiro atoms. The number of urea groups is 1. The van der Waals surface area contributed by atoms with Crippen molar-refractivity contribution in [2.75, 3.05) is 10.6 Å². The Morgan fingerprint density at radius 1 is 0.737 bits per heavy atom. The van der Waals surface area contributed by atoms with E-state index in [0.717, 1.165) is 34.4 Å². The first-order valence-corrected chi connectivity index (χ1v) is 13.3. The maximum absolute atomic E-state index is 12.9. The van der Waals surface area contributed by atoms with E-state index in [9.17, 15) is 19.5 Å². The first kappa shape index (κ1) is 27.1. The van der Waals surface area contributed by atoms with Gasteiger partial charge in [-0.25, -0.2) is 4.79 Å². The van der Waals surface area contributed by atoms with Crippen molar-refractivity contribution in [2.45, 2.75) is 58.8 Å². The van der Waals surface area contributed by atoms with E-state index in [1.807, 2.05) is 42.5 Å². The lowest BCUT2D eigenvalue weighted by atomic mass is 9.88. The normalized spacial score (nSPS) is 17.0. The van der Waals surface area contributed by atoms with Crippen LogP contribution in [0.25, 0.3) is 11.1 Å². The van der Waals surface area contributed by atoms with E-state index in [2.05, 4.69) is 50.5 Å². The maximum Gasteiger partial charge on any atom is 0.323 e. The standard InChI is InChI=1S/C32H36N2O4/c1-19(2)25-7-5-8-26(20(3)4)29(25)34-32(38)33-24-17-15-22(16-18-24)21-11-13-23(14-12-21)30(35)27-9-6-10-28(27)31(36)37/h5,7-8,11-20,27-28H,6,9-10H2,1-4H3,(H,36,37)(H2,33,34,38)/t27?,28-/m1/s1. The van der Waals surface area contributed by atoms with E-state index in [1.54, 1.807) is 12.1 Å². The lowest BCUT2D eigenvalue weighted by Gasteiger charge is -2.20. The molecule has 0 heterocycles. The minimum absolute atomic E-state index is 0.0910. The van der Waals surface area contributed by atoms with Crippen LogP contribution < -0.4 is 10.6 Å². The van der Waals surface area contributed by atoms with Gasteiger partial charge in [0.25, 0.3) is 0 Å². The van der Waals surface area contributed by atoms with Gasteiger partial charge < -0.3 is 15.7 Å². The number of hydrogen-bond donors (Lipinski definition) is 3. The highest BCUT2D eigenvalue weighted by molar-refractivity contribution is 6.01. The van der Waals surface area contributed by atoms with Gasteiger partial charge in [0.2, 0.25) is 0 Å². The van der Waals surface area contributed by atoms with E-state index < -0.39 is 17.8 Å². The molecule has 6 heteroatoms. The fraction of sp³-hybridized carbons (Fsp3) is 0.344. The average Bonchev–Trinajstić information content (AvgIpc) is 3.39. The van der Waals surface area contributed by atoms with E-state index in [-0.39, 0.29) is 23.7 Å². The number of carboxylic acids is 1. The topological polar surface area (TPSA) is 95.5 Å². The number of benzene rings is 3. The first-order valence-electron chi connectivity index (χ1n) is 13.3. The predicted octanol–water partition coefficient (Wildman–Crippen LogP) is 7.93. The lowest BCUT2D eigenvalue weighted by molar-refractivity contribution is -0.142. The zero-order chi connectivity index (χ0) is 27.4. The van der Waals surface area contributed by atoms with Crippen LogP contribution in [0.1, 0.15) is 80.3 Å². The predicted molar refractivity (Wildman–Crippen MR) is 152 cm³/mol. The van der Waals surface area contributed by atoms with Crippen LogP contribution in [0, 0.1) is 11.8 Å². The largest absolute Gasteiger partial charge is 0.481 e. The Morgan fingerprint density at radius 3 is 1.79 bits per heavy atom. The number of carboxylic acid groups (broad SMARTS) is 1. The van der Waals surface area contributed by atoms with Crippen molar-refractivity contribution in [1.82, 2.24) is 0 Å². The highest BCUT2D eigenvalue weighted by Gasteiger charge is 2.37. The number of anilines is 2. The zero-order valence-corrected chi connectivity index (χ0v) is 22.5. The van der Waals surface area contributed by atoms with Crippen molar-refractivity contribution >= 4 is 29.2 Å². The summed E-state index contributed by atoms with van der Waals surface area (Å²) in [4.78, 5) is 37.2. The van der Waals surface area contributed by atoms with Crippen molar-refractivity contribution < 1.29 is 19.5 Å². The lowest BCUT2D eigenvalue weighted by Crippen LogP contribution is -2.25. The third-order valence-corrected chi connectivity index (χ3v) is 7.43. The van der Waals surface area contributed by atoms with Gasteiger partial charge in [-0.3, -0.25) is 9.59 Å². The number of nitrogens with one attached hydrogen (secondary N) is 2. The van der Waals surface area contributed by atoms with Crippen LogP contribution in [0.3, 0.4) is 0 Å². The molecule has 6 nitrogen and oxygen atoms in total. The Morgan fingerprint density at radius 2 is 1.26 bits per heavy atom. The quantitative estimate of drug-likeness (QED) is 0.267. The van der Waals surface area contributed by atoms with Crippen LogP contribution >= 0.6 is 0 Å². The van der Waals surface area contributed by atoms with E-state index >= 15 is 0 Å². The van der Waals surface area contributed by atoms with Gasteiger partial charge in [0, 0.05) is 22.9 Å². The highest BCUT2D eigenvalue weighted by atomic mass is 16.4. The fourth-order valence-electron chi connectivity index (χ4n) is 5.33. The molecule has 4 rings (SSSR count). The molecule has 1 aliphatic carbocycles. The monoisotopic (exact) mass is 512 g/mol. The Hall–Kier alpha value is -3.93. The van der Waals surface area contributed by atoms with Gasteiger partial charge in [-0.1, -0.05) is 88.7 Å². The molecule has 1 unspecified atom stereocenters. The summed E-state index contributed by atoms with van der Waals surface area (Å²) in [6.45, 7) is 8.47. The zero-order valence-electron chi connectivity index (χ0n) is 22.5. The summed E-state index contributed by atoms with van der Waals surface area (Å²) in [6.07, 6.45) is 1.96. The molecule has 1 fully saturated rings. The molecule has 1 aliphatic rings. The summed E-state index contributed by atoms with van der Waals surface area (Å²) in [7, 11) is 0. The molecule has 1 saturated carbocycles. The van der Waals surface area contributed by atoms with Crippen molar-refractivity contribution in [1.29, 1.82) is 0 Å². The van der Waals surface area contributed by atoms with Gasteiger partial charge in [-0.05, 0) is 59.1 Å². The summed E-state index contributed by atoms with van der Waals surface area (Å²) >= 11 is 0. The molecule has 3 aromatic carbocycles. The summed E-state index contributed by atoms with van der Waals surface area (Å²) in [5.41, 5.74) is 6.19. The Kier molecular flexibility index (Phi) is 8.30. The minimum atomic E-state index is -0.885. The van der Waals surface area contributed by atoms with E-state index in [1.165, 1.54) is 0 Å². The van der Waals surface area contributed by atoms with Crippen LogP contribution in [0.15, 0.2) is 66.7 Å². The van der Waals surface area contributed by atoms with Crippen molar-refractivity contribution in [2.24, 2.45) is 11.8 Å². The molecule has 0 aromatic heterocycles. The maximum atomic E-state index is 12.9. The summed E-state index contributed by atoms with van der Waals surface area (Å²) < 4.78 is 0. The molecule has 0 aliphatic heterocycles. The molecule has 0 bridgehead atoms. The second-order valence-corrected chi connectivity index (χ2v) is 10.7. The number of Topliss-reactive ketones (excluding diaryl/α,β-unsaturated/α-hetero) is 1. The van der Waals surface area contributed by atoms with Crippen molar-refractivity contribution in [3.63, 3.8) is 0 Å². The Labute approximate surface area is 224 Å². The fourth-order valence-corrected chi connectivity index (χ4v) is 5.33. The van der Waals surface area contributed by atoms with Gasteiger partial charge in [0.15, 0.2) is 5.78 Å². The molecule has 3 aromatic rings. The number of aliphatic carboxylic acids is 1. The highest BCUT2D eigenvalue weighted by Crippen LogP contribution is 2.35. The molecule has 0 radical (unpaired) electrons. The molecular formula is C32H36N2O4. The molecule has 198 valence electrons. The molecule has 0 saturated heterocycles. The minimum Gasteiger partial charge on any atom is -0.481 e. The molecule has 38 heavy (non-hydrogen) atoms. The summed E-state index contributed by atoms with van der Waals surface area (Å²) in [6, 6.07) is 20.7. The number of hydrogen-bond acceptors (Lipinski definition) is 3. The number of para-hydroxylation sites is 1. The number of rotatable bonds is 8. The van der Waals surface area contributed by atoms with Crippen LogP contribution in [0.2, 0.25) is 0 Å². The molecular weight excluding hydrogens is 476 g/mol. The number of amides is 2. The van der Waals surface area contributed by atoms with Crippen LogP contribution in [-0.2, 0) is 4.79 Å². The van der Waals surface area contributed by atoms with Crippen LogP contribution in [0.5, 0.6) is 0 Å². The van der Waals surface area contributed by atoms with Gasteiger partial charge in [-0.2, -0.15) is 0 Å². The SMILES string of the molecule is CC(C)c1cccc(C(C)C)c1NC(=O)Nc1ccc(-c2ccc(C(=O)C3CCC[C@H]3C(=O)O)cc2)cc1. The Bertz CT molecular complexity index is 1280. The van der Waals surface area contributed by atoms with Crippen molar-refractivity contribution in [3.05, 3.63) is 83.4 Å². The first-order chi connectivity index (χ1) is 18.2. The van der Waals surface area contributed by atoms with Gasteiger partial charge in [-0.15, -0.1) is 0 Å². The molecule has 3 N–H and O–H groups in total. The Balaban J connectivity index is 1.43. The molecule has 2 amide bonds. The number of carbonyl (C=O) groups excluding carboxylic acids is 2. The third kappa shape index (κ3) is 5.96. The summed E-state index contributed by atoms with van der Waals surface area (Å²) in [5, 5.41) is 15.4. The summed E-state index contributed by atoms with van der Waals surface area (Å²) in [5.74, 6) is -1.45. The van der Waals surface area contributed by atoms with Crippen molar-refractivity contribution in [3.8, 4) is 11.1 Å². The van der Waals surface area contributed by atoms with Gasteiger partial charge >= 0.3 is 12.0 Å². The third-order valence-electron chi connectivity index (χ3n) is 7.43. The number of carbonyl (C=O) groups is 3. The van der Waals surface area contributed by atoms with Gasteiger partial charge in [0.1, 0.15) is 0 Å². The van der Waals surface area contributed by atoms with Crippen LogP contribution in [0.4, 0.5) is 16.2 Å². The van der Waals surface area contributed by atoms with Crippen LogP contribution in [-0.4, -0.2) is 22.9 Å². The van der Waals surface area contributed by atoms with Gasteiger partial charge in [0.05, 0.1) is 5.92 Å². The molecule has 2 atom stereocenters. The van der Waals surface area contributed by atoms with E-state index in [4.69, 9.17) is 0 Å². The number of ketones is 1. The smallest absolute Gasteiger partial charge is 0.323 e. The van der Waals surface area contributed by atoms with E-state index in [0.29, 0.717) is 24.1 Å². The second-order valence-electron chi connectivity index (χ2n) is 10.7. The average molecular weight is 513 g/mol.